The first-order valence-corrected chi connectivity index (χ1v) is 12.8. The van der Waals surface area contributed by atoms with E-state index in [1.54, 1.807) is 26.0 Å². The summed E-state index contributed by atoms with van der Waals surface area (Å²) in [7, 11) is 0. The molecular formula is C32H34O8. The molecule has 0 saturated heterocycles. The van der Waals surface area contributed by atoms with Gasteiger partial charge in [-0.1, -0.05) is 41.5 Å². The topological polar surface area (TPSA) is 156 Å². The van der Waals surface area contributed by atoms with Gasteiger partial charge in [-0.25, -0.2) is 0 Å². The van der Waals surface area contributed by atoms with E-state index in [9.17, 15) is 40.2 Å². The van der Waals surface area contributed by atoms with Crippen molar-refractivity contribution in [1.29, 1.82) is 0 Å². The van der Waals surface area contributed by atoms with Crippen molar-refractivity contribution in [3.8, 4) is 45.6 Å². The van der Waals surface area contributed by atoms with Crippen LogP contribution in [0.3, 0.4) is 0 Å². The van der Waals surface area contributed by atoms with Crippen molar-refractivity contribution >= 4 is 34.1 Å². The minimum atomic E-state index is -0.678. The fourth-order valence-electron chi connectivity index (χ4n) is 5.50. The van der Waals surface area contributed by atoms with E-state index in [4.69, 9.17) is 0 Å². The Morgan fingerprint density at radius 2 is 0.825 bits per heavy atom. The lowest BCUT2D eigenvalue weighted by atomic mass is 9.73. The van der Waals surface area contributed by atoms with Crippen LogP contribution in [0.15, 0.2) is 12.1 Å². The van der Waals surface area contributed by atoms with E-state index in [0.29, 0.717) is 34.5 Å². The number of carbonyl (C=O) groups excluding carboxylic acids is 2. The molecule has 0 heterocycles. The lowest BCUT2D eigenvalue weighted by Crippen LogP contribution is -2.17. The Morgan fingerprint density at radius 3 is 1.07 bits per heavy atom. The highest BCUT2D eigenvalue weighted by atomic mass is 16.3. The number of benzene rings is 4. The summed E-state index contributed by atoms with van der Waals surface area (Å²) >= 11 is 0. The van der Waals surface area contributed by atoms with Crippen LogP contribution in [0.1, 0.15) is 84.5 Å². The SMILES string of the molecule is Cc1c(O)c(O)c(C=O)c2c(O)c(-c3c(C(C)(C)C)cc4c(C)c(O)c(O)c(C=O)c4c3O)c(C(C)(C)C)cc12. The van der Waals surface area contributed by atoms with E-state index >= 15 is 0 Å². The molecule has 0 bridgehead atoms. The van der Waals surface area contributed by atoms with E-state index < -0.39 is 45.3 Å². The van der Waals surface area contributed by atoms with Crippen LogP contribution in [0.25, 0.3) is 32.7 Å². The molecule has 0 amide bonds. The molecule has 0 saturated carbocycles. The van der Waals surface area contributed by atoms with Crippen LogP contribution in [0.4, 0.5) is 0 Å². The van der Waals surface area contributed by atoms with Crippen molar-refractivity contribution in [2.24, 2.45) is 0 Å². The molecule has 0 fully saturated rings. The first-order valence-electron chi connectivity index (χ1n) is 12.8. The molecule has 0 aromatic heterocycles. The maximum absolute atomic E-state index is 12.1. The van der Waals surface area contributed by atoms with Gasteiger partial charge in [-0.2, -0.15) is 0 Å². The van der Waals surface area contributed by atoms with Gasteiger partial charge >= 0.3 is 0 Å². The Morgan fingerprint density at radius 1 is 0.525 bits per heavy atom. The number of aryl methyl sites for hydroxylation is 2. The van der Waals surface area contributed by atoms with E-state index in [1.807, 2.05) is 41.5 Å². The van der Waals surface area contributed by atoms with Crippen molar-refractivity contribution in [1.82, 2.24) is 0 Å². The zero-order valence-electron chi connectivity index (χ0n) is 23.8. The first-order chi connectivity index (χ1) is 18.4. The van der Waals surface area contributed by atoms with Crippen molar-refractivity contribution < 1.29 is 40.2 Å². The summed E-state index contributed by atoms with van der Waals surface area (Å²) in [4.78, 5) is 24.2. The summed E-state index contributed by atoms with van der Waals surface area (Å²) in [6, 6.07) is 3.42. The van der Waals surface area contributed by atoms with Gasteiger partial charge in [0.15, 0.2) is 35.6 Å². The highest BCUT2D eigenvalue weighted by molar-refractivity contribution is 6.14. The number of phenolic OH excluding ortho intramolecular Hbond substituents is 6. The molecule has 0 radical (unpaired) electrons. The van der Waals surface area contributed by atoms with Gasteiger partial charge in [-0.3, -0.25) is 9.59 Å². The highest BCUT2D eigenvalue weighted by Crippen LogP contribution is 2.55. The molecule has 6 N–H and O–H groups in total. The summed E-state index contributed by atoms with van der Waals surface area (Å²) in [5.41, 5.74) is -0.00237. The van der Waals surface area contributed by atoms with Crippen molar-refractivity contribution in [2.45, 2.75) is 66.2 Å². The Labute approximate surface area is 231 Å². The zero-order chi connectivity index (χ0) is 30.2. The number of rotatable bonds is 3. The third-order valence-corrected chi connectivity index (χ3v) is 7.72. The molecule has 8 heteroatoms. The van der Waals surface area contributed by atoms with Gasteiger partial charge in [-0.05, 0) is 58.7 Å². The molecule has 210 valence electrons. The highest BCUT2D eigenvalue weighted by Gasteiger charge is 2.34. The van der Waals surface area contributed by atoms with Crippen molar-refractivity contribution in [3.63, 3.8) is 0 Å². The number of phenols is 6. The van der Waals surface area contributed by atoms with E-state index in [1.165, 1.54) is 0 Å². The van der Waals surface area contributed by atoms with E-state index in [-0.39, 0.29) is 44.2 Å². The Hall–Kier alpha value is -4.46. The maximum atomic E-state index is 12.1. The fraction of sp³-hybridized carbons (Fsp3) is 0.312. The van der Waals surface area contributed by atoms with E-state index in [0.717, 1.165) is 0 Å². The maximum Gasteiger partial charge on any atom is 0.169 e. The largest absolute Gasteiger partial charge is 0.507 e. The molecule has 0 aliphatic rings. The molecule has 0 atom stereocenters. The third-order valence-electron chi connectivity index (χ3n) is 7.72. The third kappa shape index (κ3) is 3.89. The van der Waals surface area contributed by atoms with Gasteiger partial charge in [0.2, 0.25) is 0 Å². The number of hydrogen-bond donors (Lipinski definition) is 6. The van der Waals surface area contributed by atoms with Gasteiger partial charge in [-0.15, -0.1) is 0 Å². The van der Waals surface area contributed by atoms with Gasteiger partial charge in [0, 0.05) is 33.0 Å². The summed E-state index contributed by atoms with van der Waals surface area (Å²) in [5, 5.41) is 66.8. The molecule has 0 spiro atoms. The van der Waals surface area contributed by atoms with Crippen LogP contribution >= 0.6 is 0 Å². The molecule has 0 aliphatic carbocycles. The van der Waals surface area contributed by atoms with Gasteiger partial charge in [0.1, 0.15) is 11.5 Å². The normalized spacial score (nSPS) is 12.3. The number of carbonyl (C=O) groups is 2. The van der Waals surface area contributed by atoms with Crippen LogP contribution in [0.2, 0.25) is 0 Å². The Balaban J connectivity index is 2.44. The van der Waals surface area contributed by atoms with Crippen LogP contribution < -0.4 is 0 Å². The summed E-state index contributed by atoms with van der Waals surface area (Å²) < 4.78 is 0. The molecule has 4 aromatic carbocycles. The monoisotopic (exact) mass is 546 g/mol. The minimum Gasteiger partial charge on any atom is -0.507 e. The number of hydrogen-bond acceptors (Lipinski definition) is 8. The Kier molecular flexibility index (Phi) is 6.46. The summed E-state index contributed by atoms with van der Waals surface area (Å²) in [6.45, 7) is 14.5. The first kappa shape index (κ1) is 28.5. The fourth-order valence-corrected chi connectivity index (χ4v) is 5.50. The summed E-state index contributed by atoms with van der Waals surface area (Å²) in [5.74, 6) is -3.13. The van der Waals surface area contributed by atoms with Gasteiger partial charge in [0.05, 0.1) is 11.1 Å². The van der Waals surface area contributed by atoms with Crippen LogP contribution in [-0.4, -0.2) is 43.2 Å². The molecule has 40 heavy (non-hydrogen) atoms. The van der Waals surface area contributed by atoms with Crippen LogP contribution in [0, 0.1) is 13.8 Å². The zero-order valence-corrected chi connectivity index (χ0v) is 23.8. The molecular weight excluding hydrogens is 512 g/mol. The van der Waals surface area contributed by atoms with Crippen LogP contribution in [-0.2, 0) is 10.8 Å². The number of aromatic hydroxyl groups is 6. The minimum absolute atomic E-state index is 0.00880. The van der Waals surface area contributed by atoms with Crippen LogP contribution in [0.5, 0.6) is 34.5 Å². The lowest BCUT2D eigenvalue weighted by molar-refractivity contribution is 0.111. The Bertz CT molecular complexity index is 1640. The predicted octanol–water partition coefficient (Wildman–Crippen LogP) is 6.73. The molecule has 8 nitrogen and oxygen atoms in total. The van der Waals surface area contributed by atoms with Gasteiger partial charge in [0.25, 0.3) is 0 Å². The van der Waals surface area contributed by atoms with Crippen molar-refractivity contribution in [2.75, 3.05) is 0 Å². The molecule has 0 unspecified atom stereocenters. The molecule has 0 aliphatic heterocycles. The number of aldehydes is 2. The average Bonchev–Trinajstić information content (AvgIpc) is 2.86. The van der Waals surface area contributed by atoms with Crippen molar-refractivity contribution in [3.05, 3.63) is 45.5 Å². The second kappa shape index (κ2) is 9.05. The summed E-state index contributed by atoms with van der Waals surface area (Å²) in [6.07, 6.45) is 0.688. The smallest absolute Gasteiger partial charge is 0.169 e. The quantitative estimate of drug-likeness (QED) is 0.122. The molecule has 4 rings (SSSR count). The second-order valence-corrected chi connectivity index (χ2v) is 12.3. The predicted molar refractivity (Wildman–Crippen MR) is 155 cm³/mol. The van der Waals surface area contributed by atoms with Gasteiger partial charge < -0.3 is 30.6 Å². The number of fused-ring (bicyclic) bond motifs is 2. The molecule has 4 aromatic rings. The standard InChI is InChI=1S/C32H34O8/c1-13-15-9-19(31(3,4)5)23(29(39)21(15)17(11-33)27(37)25(13)35)24-20(32(6,7)8)10-16-14(2)26(36)28(38)18(12-34)22(16)30(24)40/h9-12,35-40H,1-8H3. The lowest BCUT2D eigenvalue weighted by Gasteiger charge is -2.31. The average molecular weight is 547 g/mol. The van der Waals surface area contributed by atoms with E-state index in [2.05, 4.69) is 0 Å². The second-order valence-electron chi connectivity index (χ2n) is 12.3.